The van der Waals surface area contributed by atoms with Crippen LogP contribution in [0, 0.1) is 0 Å². The molecule has 0 saturated heterocycles. The summed E-state index contributed by atoms with van der Waals surface area (Å²) in [5, 5.41) is 5.32. The Kier molecular flexibility index (Phi) is 4.39. The van der Waals surface area contributed by atoms with Crippen LogP contribution in [0.15, 0.2) is 89.7 Å². The van der Waals surface area contributed by atoms with Gasteiger partial charge < -0.3 is 4.74 Å². The lowest BCUT2D eigenvalue weighted by atomic mass is 9.98. The van der Waals surface area contributed by atoms with E-state index in [1.165, 1.54) is 6.07 Å². The molecule has 0 unspecified atom stereocenters. The Morgan fingerprint density at radius 1 is 0.654 bits per heavy atom. The standard InChI is InChI=1S/C22H18N2O2/c25-22-14-20(23-24-22)15-26-21-12-18(16-7-3-1-4-8-16)11-19(13-21)17-9-5-2-6-10-17/h1-14H,15H2,(H2,23,24,25). The molecule has 4 heteroatoms. The van der Waals surface area contributed by atoms with Crippen molar-refractivity contribution in [1.82, 2.24) is 10.2 Å². The molecule has 2 N–H and O–H groups in total. The second-order valence-corrected chi connectivity index (χ2v) is 6.05. The molecule has 0 atom stereocenters. The fourth-order valence-electron chi connectivity index (χ4n) is 2.89. The molecular weight excluding hydrogens is 324 g/mol. The van der Waals surface area contributed by atoms with Gasteiger partial charge in [0.15, 0.2) is 0 Å². The molecule has 26 heavy (non-hydrogen) atoms. The summed E-state index contributed by atoms with van der Waals surface area (Å²) in [6, 6.07) is 28.1. The molecular formula is C22H18N2O2. The van der Waals surface area contributed by atoms with Crippen LogP contribution in [0.3, 0.4) is 0 Å². The molecule has 0 bridgehead atoms. The third-order valence-electron chi connectivity index (χ3n) is 4.17. The Hall–Kier alpha value is -3.53. The predicted octanol–water partition coefficient (Wildman–Crippen LogP) is 4.62. The second kappa shape index (κ2) is 7.15. The molecule has 128 valence electrons. The Balaban J connectivity index is 1.71. The Morgan fingerprint density at radius 2 is 1.23 bits per heavy atom. The average molecular weight is 342 g/mol. The number of aromatic nitrogens is 2. The summed E-state index contributed by atoms with van der Waals surface area (Å²) in [6.07, 6.45) is 0. The van der Waals surface area contributed by atoms with Gasteiger partial charge in [-0.25, -0.2) is 0 Å². The minimum atomic E-state index is -0.161. The molecule has 0 amide bonds. The monoisotopic (exact) mass is 342 g/mol. The van der Waals surface area contributed by atoms with E-state index < -0.39 is 0 Å². The lowest BCUT2D eigenvalue weighted by Gasteiger charge is -2.11. The van der Waals surface area contributed by atoms with Crippen LogP contribution in [0.2, 0.25) is 0 Å². The van der Waals surface area contributed by atoms with Crippen molar-refractivity contribution in [2.75, 3.05) is 0 Å². The molecule has 0 aliphatic rings. The Morgan fingerprint density at radius 3 is 1.73 bits per heavy atom. The van der Waals surface area contributed by atoms with Gasteiger partial charge in [-0.1, -0.05) is 60.7 Å². The van der Waals surface area contributed by atoms with E-state index in [2.05, 4.69) is 40.5 Å². The topological polar surface area (TPSA) is 57.9 Å². The van der Waals surface area contributed by atoms with Crippen molar-refractivity contribution in [2.45, 2.75) is 6.61 Å². The van der Waals surface area contributed by atoms with Gasteiger partial charge in [0.2, 0.25) is 0 Å². The van der Waals surface area contributed by atoms with Crippen LogP contribution < -0.4 is 10.3 Å². The third-order valence-corrected chi connectivity index (χ3v) is 4.17. The minimum Gasteiger partial charge on any atom is -0.487 e. The summed E-state index contributed by atoms with van der Waals surface area (Å²) in [6.45, 7) is 0.297. The van der Waals surface area contributed by atoms with Crippen LogP contribution >= 0.6 is 0 Å². The van der Waals surface area contributed by atoms with Crippen molar-refractivity contribution >= 4 is 0 Å². The molecule has 0 radical (unpaired) electrons. The summed E-state index contributed by atoms with van der Waals surface area (Å²) in [5.41, 5.74) is 4.98. The van der Waals surface area contributed by atoms with Crippen molar-refractivity contribution in [3.63, 3.8) is 0 Å². The molecule has 4 aromatic rings. The number of H-pyrrole nitrogens is 2. The van der Waals surface area contributed by atoms with Gasteiger partial charge in [-0.3, -0.25) is 15.0 Å². The van der Waals surface area contributed by atoms with E-state index >= 15 is 0 Å². The molecule has 1 heterocycles. The van der Waals surface area contributed by atoms with E-state index in [-0.39, 0.29) is 5.56 Å². The van der Waals surface area contributed by atoms with E-state index in [9.17, 15) is 4.79 Å². The van der Waals surface area contributed by atoms with E-state index in [0.29, 0.717) is 12.3 Å². The number of hydrogen-bond donors (Lipinski definition) is 2. The second-order valence-electron chi connectivity index (χ2n) is 6.05. The van der Waals surface area contributed by atoms with Crippen molar-refractivity contribution in [1.29, 1.82) is 0 Å². The smallest absolute Gasteiger partial charge is 0.264 e. The average Bonchev–Trinajstić information content (AvgIpc) is 3.13. The van der Waals surface area contributed by atoms with Crippen LogP contribution in [-0.4, -0.2) is 10.2 Å². The van der Waals surface area contributed by atoms with Crippen LogP contribution in [0.25, 0.3) is 22.3 Å². The third kappa shape index (κ3) is 3.59. The molecule has 0 saturated carbocycles. The zero-order valence-corrected chi connectivity index (χ0v) is 14.1. The predicted molar refractivity (Wildman–Crippen MR) is 103 cm³/mol. The van der Waals surface area contributed by atoms with Gasteiger partial charge in [-0.05, 0) is 40.5 Å². The molecule has 4 nitrogen and oxygen atoms in total. The van der Waals surface area contributed by atoms with Gasteiger partial charge in [0.25, 0.3) is 5.56 Å². The largest absolute Gasteiger partial charge is 0.487 e. The zero-order valence-electron chi connectivity index (χ0n) is 14.1. The first kappa shape index (κ1) is 16.0. The first-order valence-electron chi connectivity index (χ1n) is 8.43. The fourth-order valence-corrected chi connectivity index (χ4v) is 2.89. The zero-order chi connectivity index (χ0) is 17.8. The maximum absolute atomic E-state index is 11.2. The van der Waals surface area contributed by atoms with E-state index in [1.807, 2.05) is 48.5 Å². The highest BCUT2D eigenvalue weighted by atomic mass is 16.5. The first-order valence-corrected chi connectivity index (χ1v) is 8.43. The lowest BCUT2D eigenvalue weighted by molar-refractivity contribution is 0.301. The lowest BCUT2D eigenvalue weighted by Crippen LogP contribution is -1.97. The Bertz CT molecular complexity index is 992. The molecule has 0 aliphatic heterocycles. The van der Waals surface area contributed by atoms with Crippen molar-refractivity contribution in [3.05, 3.63) is 101 Å². The summed E-state index contributed by atoms with van der Waals surface area (Å²) in [4.78, 5) is 11.2. The summed E-state index contributed by atoms with van der Waals surface area (Å²) >= 11 is 0. The van der Waals surface area contributed by atoms with Gasteiger partial charge in [-0.15, -0.1) is 0 Å². The quantitative estimate of drug-likeness (QED) is 0.556. The van der Waals surface area contributed by atoms with Crippen LogP contribution in [-0.2, 0) is 6.61 Å². The maximum Gasteiger partial charge on any atom is 0.264 e. The number of aromatic amines is 2. The van der Waals surface area contributed by atoms with Crippen molar-refractivity contribution in [3.8, 4) is 28.0 Å². The maximum atomic E-state index is 11.2. The number of nitrogens with one attached hydrogen (secondary N) is 2. The van der Waals surface area contributed by atoms with Gasteiger partial charge in [0.05, 0.1) is 5.69 Å². The molecule has 4 rings (SSSR count). The highest BCUT2D eigenvalue weighted by Gasteiger charge is 2.07. The summed E-state index contributed by atoms with van der Waals surface area (Å²) in [5.74, 6) is 0.757. The molecule has 0 fully saturated rings. The number of ether oxygens (including phenoxy) is 1. The summed E-state index contributed by atoms with van der Waals surface area (Å²) in [7, 11) is 0. The normalized spacial score (nSPS) is 10.6. The fraction of sp³-hybridized carbons (Fsp3) is 0.0455. The minimum absolute atomic E-state index is 0.161. The van der Waals surface area contributed by atoms with Crippen molar-refractivity contribution < 1.29 is 4.74 Å². The molecule has 3 aromatic carbocycles. The highest BCUT2D eigenvalue weighted by molar-refractivity contribution is 5.75. The number of rotatable bonds is 5. The SMILES string of the molecule is O=c1cc(COc2cc(-c3ccccc3)cc(-c3ccccc3)c2)[nH][nH]1. The van der Waals surface area contributed by atoms with E-state index in [0.717, 1.165) is 28.0 Å². The van der Waals surface area contributed by atoms with Gasteiger partial charge in [0, 0.05) is 6.07 Å². The van der Waals surface area contributed by atoms with Crippen LogP contribution in [0.1, 0.15) is 5.69 Å². The van der Waals surface area contributed by atoms with Crippen molar-refractivity contribution in [2.24, 2.45) is 0 Å². The van der Waals surface area contributed by atoms with Crippen LogP contribution in [0.4, 0.5) is 0 Å². The van der Waals surface area contributed by atoms with Crippen LogP contribution in [0.5, 0.6) is 5.75 Å². The van der Waals surface area contributed by atoms with Gasteiger partial charge in [0.1, 0.15) is 12.4 Å². The van der Waals surface area contributed by atoms with E-state index in [1.54, 1.807) is 0 Å². The molecule has 1 aromatic heterocycles. The first-order chi connectivity index (χ1) is 12.8. The van der Waals surface area contributed by atoms with Gasteiger partial charge in [-0.2, -0.15) is 0 Å². The number of hydrogen-bond acceptors (Lipinski definition) is 2. The van der Waals surface area contributed by atoms with E-state index in [4.69, 9.17) is 4.74 Å². The molecule has 0 spiro atoms. The number of benzene rings is 3. The van der Waals surface area contributed by atoms with Gasteiger partial charge >= 0.3 is 0 Å². The Labute approximate surface area is 151 Å². The molecule has 0 aliphatic carbocycles. The summed E-state index contributed by atoms with van der Waals surface area (Å²) < 4.78 is 5.94. The highest BCUT2D eigenvalue weighted by Crippen LogP contribution is 2.31.